The van der Waals surface area contributed by atoms with Gasteiger partial charge in [-0.15, -0.1) is 0 Å². The average Bonchev–Trinajstić information content (AvgIpc) is 2.83. The van der Waals surface area contributed by atoms with Crippen molar-refractivity contribution in [3.05, 3.63) is 28.3 Å². The quantitative estimate of drug-likeness (QED) is 0.342. The first-order chi connectivity index (χ1) is 16.0. The van der Waals surface area contributed by atoms with Crippen LogP contribution in [0.25, 0.3) is 0 Å². The molecule has 0 spiro atoms. The lowest BCUT2D eigenvalue weighted by Gasteiger charge is -2.47. The van der Waals surface area contributed by atoms with E-state index in [-0.39, 0.29) is 11.2 Å². The van der Waals surface area contributed by atoms with Gasteiger partial charge in [0, 0.05) is 50.3 Å². The summed E-state index contributed by atoms with van der Waals surface area (Å²) < 4.78 is 0. The molecule has 0 radical (unpaired) electrons. The molecule has 182 valence electrons. The third kappa shape index (κ3) is 5.83. The molecule has 0 aromatic carbocycles. The van der Waals surface area contributed by atoms with E-state index in [9.17, 15) is 14.9 Å². The zero-order chi connectivity index (χ0) is 23.3. The molecular weight excluding hydrogens is 418 g/mol. The van der Waals surface area contributed by atoms with Gasteiger partial charge in [0.25, 0.3) is 0 Å². The number of carbonyl (C=O) groups is 1. The number of pyridine rings is 1. The molecule has 1 aromatic rings. The minimum absolute atomic E-state index is 0.0846. The largest absolute Gasteiger partial charge is 0.365 e. The van der Waals surface area contributed by atoms with Gasteiger partial charge in [-0.2, -0.15) is 0 Å². The number of anilines is 1. The Balaban J connectivity index is 1.15. The Kier molecular flexibility index (Phi) is 7.83. The van der Waals surface area contributed by atoms with Gasteiger partial charge in [-0.1, -0.05) is 26.2 Å². The van der Waals surface area contributed by atoms with E-state index in [0.717, 1.165) is 83.2 Å². The second kappa shape index (κ2) is 10.8. The van der Waals surface area contributed by atoms with Crippen LogP contribution in [0.1, 0.15) is 64.7 Å². The van der Waals surface area contributed by atoms with Crippen molar-refractivity contribution in [2.24, 2.45) is 17.3 Å². The van der Waals surface area contributed by atoms with Crippen LogP contribution in [0.4, 0.5) is 11.6 Å². The molecule has 4 rings (SSSR count). The first-order valence-corrected chi connectivity index (χ1v) is 12.9. The van der Waals surface area contributed by atoms with Crippen LogP contribution >= 0.6 is 0 Å². The number of amides is 1. The molecule has 2 heterocycles. The van der Waals surface area contributed by atoms with Gasteiger partial charge in [0.05, 0.1) is 0 Å². The molecule has 2 aliphatic carbocycles. The van der Waals surface area contributed by atoms with Gasteiger partial charge >= 0.3 is 5.82 Å². The molecule has 8 heteroatoms. The highest BCUT2D eigenvalue weighted by Crippen LogP contribution is 2.51. The first-order valence-electron chi connectivity index (χ1n) is 12.9. The van der Waals surface area contributed by atoms with E-state index in [1.54, 1.807) is 6.07 Å². The number of nitrogens with one attached hydrogen (secondary N) is 1. The highest BCUT2D eigenvalue weighted by molar-refractivity contribution is 5.82. The van der Waals surface area contributed by atoms with Gasteiger partial charge in [-0.05, 0) is 72.9 Å². The Morgan fingerprint density at radius 3 is 2.82 bits per heavy atom. The molecule has 1 aliphatic heterocycles. The van der Waals surface area contributed by atoms with E-state index in [2.05, 4.69) is 27.0 Å². The number of hydrogen-bond donors (Lipinski definition) is 1. The van der Waals surface area contributed by atoms with Crippen LogP contribution in [0.2, 0.25) is 0 Å². The summed E-state index contributed by atoms with van der Waals surface area (Å²) in [7, 11) is 0. The first kappa shape index (κ1) is 23.9. The Labute approximate surface area is 197 Å². The predicted octanol–water partition coefficient (Wildman–Crippen LogP) is 4.00. The number of unbranched alkanes of at least 4 members (excludes halogenated alkanes) is 1. The van der Waals surface area contributed by atoms with Crippen molar-refractivity contribution < 1.29 is 9.72 Å². The van der Waals surface area contributed by atoms with Crippen LogP contribution in [0.3, 0.4) is 0 Å². The third-order valence-corrected chi connectivity index (χ3v) is 8.14. The van der Waals surface area contributed by atoms with Crippen molar-refractivity contribution in [3.63, 3.8) is 0 Å². The van der Waals surface area contributed by atoms with Crippen molar-refractivity contribution in [1.82, 2.24) is 15.2 Å². The van der Waals surface area contributed by atoms with E-state index in [1.807, 2.05) is 6.07 Å². The van der Waals surface area contributed by atoms with Crippen LogP contribution in [-0.4, -0.2) is 60.0 Å². The fraction of sp³-hybridized carbons (Fsp3) is 0.760. The number of nitro groups is 1. The van der Waals surface area contributed by atoms with Crippen LogP contribution in [0.5, 0.6) is 0 Å². The second-order valence-corrected chi connectivity index (χ2v) is 10.4. The highest BCUT2D eigenvalue weighted by atomic mass is 16.6. The number of aromatic nitrogens is 1. The van der Waals surface area contributed by atoms with Crippen LogP contribution in [0, 0.1) is 27.4 Å². The molecule has 33 heavy (non-hydrogen) atoms. The average molecular weight is 458 g/mol. The second-order valence-electron chi connectivity index (χ2n) is 10.4. The Bertz CT molecular complexity index is 826. The van der Waals surface area contributed by atoms with Crippen molar-refractivity contribution in [2.45, 2.75) is 64.7 Å². The number of rotatable bonds is 9. The van der Waals surface area contributed by atoms with Crippen LogP contribution < -0.4 is 10.2 Å². The van der Waals surface area contributed by atoms with Crippen molar-refractivity contribution in [3.8, 4) is 0 Å². The monoisotopic (exact) mass is 457 g/mol. The summed E-state index contributed by atoms with van der Waals surface area (Å²) in [5, 5.41) is 14.3. The normalized spacial score (nSPS) is 27.8. The number of hydrogen-bond acceptors (Lipinski definition) is 6. The van der Waals surface area contributed by atoms with E-state index in [0.29, 0.717) is 11.7 Å². The minimum atomic E-state index is -0.443. The molecule has 3 atom stereocenters. The van der Waals surface area contributed by atoms with Gasteiger partial charge in [0.2, 0.25) is 11.7 Å². The van der Waals surface area contributed by atoms with Crippen molar-refractivity contribution in [2.75, 3.05) is 44.2 Å². The van der Waals surface area contributed by atoms with Crippen LogP contribution in [0.15, 0.2) is 18.2 Å². The molecule has 3 aliphatic rings. The zero-order valence-corrected chi connectivity index (χ0v) is 20.0. The molecule has 1 N–H and O–H groups in total. The zero-order valence-electron chi connectivity index (χ0n) is 20.0. The van der Waals surface area contributed by atoms with Crippen molar-refractivity contribution in [1.29, 1.82) is 0 Å². The third-order valence-electron chi connectivity index (χ3n) is 8.14. The summed E-state index contributed by atoms with van der Waals surface area (Å²) in [6.07, 6.45) is 10.4. The predicted molar refractivity (Wildman–Crippen MR) is 129 cm³/mol. The summed E-state index contributed by atoms with van der Waals surface area (Å²) in [6, 6.07) is 4.97. The molecule has 1 saturated heterocycles. The molecule has 3 unspecified atom stereocenters. The number of nitrogens with zero attached hydrogens (tertiary/aromatic N) is 4. The fourth-order valence-electron chi connectivity index (χ4n) is 6.33. The molecule has 1 aromatic heterocycles. The summed E-state index contributed by atoms with van der Waals surface area (Å²) in [5.74, 6) is 2.40. The summed E-state index contributed by atoms with van der Waals surface area (Å²) in [4.78, 5) is 32.4. The summed E-state index contributed by atoms with van der Waals surface area (Å²) in [6.45, 7) is 7.59. The molecular formula is C25H39N5O3. The van der Waals surface area contributed by atoms with Gasteiger partial charge in [-0.3, -0.25) is 9.69 Å². The Morgan fingerprint density at radius 2 is 2.06 bits per heavy atom. The summed E-state index contributed by atoms with van der Waals surface area (Å²) in [5.41, 5.74) is -0.0846. The maximum Gasteiger partial charge on any atom is 0.365 e. The molecule has 3 fully saturated rings. The van der Waals surface area contributed by atoms with Crippen molar-refractivity contribution >= 4 is 17.5 Å². The number of carbonyl (C=O) groups excluding carboxylic acids is 1. The molecule has 2 saturated carbocycles. The minimum Gasteiger partial charge on any atom is -0.358 e. The molecule has 1 amide bonds. The van der Waals surface area contributed by atoms with E-state index >= 15 is 0 Å². The number of fused-ring (bicyclic) bond motifs is 2. The van der Waals surface area contributed by atoms with E-state index in [4.69, 9.17) is 0 Å². The Morgan fingerprint density at radius 1 is 1.24 bits per heavy atom. The summed E-state index contributed by atoms with van der Waals surface area (Å²) >= 11 is 0. The SMILES string of the molecule is CCC1CC2CCCC(C(=O)NCCCCN3CCN(c4cccc([N+](=O)[O-])n4)CC3)(C1)C2. The topological polar surface area (TPSA) is 91.6 Å². The van der Waals surface area contributed by atoms with E-state index < -0.39 is 4.92 Å². The van der Waals surface area contributed by atoms with E-state index in [1.165, 1.54) is 31.7 Å². The fourth-order valence-corrected chi connectivity index (χ4v) is 6.33. The van der Waals surface area contributed by atoms with Gasteiger partial charge in [0.1, 0.15) is 0 Å². The maximum atomic E-state index is 13.1. The van der Waals surface area contributed by atoms with Gasteiger partial charge < -0.3 is 20.3 Å². The number of piperazine rings is 1. The lowest BCUT2D eigenvalue weighted by atomic mass is 9.58. The smallest absolute Gasteiger partial charge is 0.358 e. The maximum absolute atomic E-state index is 13.1. The lowest BCUT2D eigenvalue weighted by molar-refractivity contribution is -0.389. The standard InChI is InChI=1S/C25H39N5O3/c1-2-20-17-21-7-6-10-25(18-20,19-21)24(31)26-11-3-4-12-28-13-15-29(16-14-28)22-8-5-9-23(27-22)30(32)33/h5,8-9,20-21H,2-4,6-7,10-19H2,1H3,(H,26,31). The Hall–Kier alpha value is -2.22. The molecule has 2 bridgehead atoms. The lowest BCUT2D eigenvalue weighted by Crippen LogP contribution is -2.48. The van der Waals surface area contributed by atoms with Gasteiger partial charge in [-0.25, -0.2) is 0 Å². The molecule has 8 nitrogen and oxygen atoms in total. The highest BCUT2D eigenvalue weighted by Gasteiger charge is 2.47. The van der Waals surface area contributed by atoms with Gasteiger partial charge in [0.15, 0.2) is 0 Å². The van der Waals surface area contributed by atoms with Crippen LogP contribution in [-0.2, 0) is 4.79 Å².